The van der Waals surface area contributed by atoms with Gasteiger partial charge in [0.25, 0.3) is 10.1 Å². The predicted octanol–water partition coefficient (Wildman–Crippen LogP) is 5.81. The van der Waals surface area contributed by atoms with Crippen LogP contribution >= 0.6 is 0 Å². The van der Waals surface area contributed by atoms with Gasteiger partial charge in [0, 0.05) is 12.1 Å². The maximum Gasteiger partial charge on any atom is 0.261 e. The Kier molecular flexibility index (Phi) is 9.85. The summed E-state index contributed by atoms with van der Waals surface area (Å²) in [7, 11) is -3.67. The fourth-order valence-electron chi connectivity index (χ4n) is 3.03. The largest absolute Gasteiger partial charge is 0.453 e. The maximum absolute atomic E-state index is 10.7. The van der Waals surface area contributed by atoms with E-state index in [2.05, 4.69) is 26.1 Å². The number of aryl methyl sites for hydroxylation is 2. The van der Waals surface area contributed by atoms with Crippen molar-refractivity contribution in [3.8, 4) is 23.0 Å². The molecule has 0 amide bonds. The Hall–Kier alpha value is -2.91. The van der Waals surface area contributed by atoms with E-state index in [-0.39, 0.29) is 5.54 Å². The standard InChI is InChI=1S/C26H31NO3.CH4O3S/c1-18-8-6-10-21(14-18)29-24-13-12-20(23(28)17-27-26(3,4)5)16-25(24)30-22-11-7-9-19(2)15-22;1-5(2,3)4/h6-16,23,27-28H,17H2,1-5H3;1H3,(H,2,3,4). The van der Waals surface area contributed by atoms with Gasteiger partial charge in [-0.15, -0.1) is 0 Å². The molecule has 0 fully saturated rings. The van der Waals surface area contributed by atoms with E-state index in [1.165, 1.54) is 0 Å². The van der Waals surface area contributed by atoms with E-state index in [1.807, 2.05) is 80.6 Å². The quantitative estimate of drug-likeness (QED) is 0.351. The van der Waals surface area contributed by atoms with Gasteiger partial charge in [-0.1, -0.05) is 30.3 Å². The number of aliphatic hydroxyl groups excluding tert-OH is 1. The van der Waals surface area contributed by atoms with Crippen molar-refractivity contribution < 1.29 is 27.6 Å². The van der Waals surface area contributed by atoms with E-state index < -0.39 is 16.2 Å². The third-order valence-electron chi connectivity index (χ3n) is 4.61. The van der Waals surface area contributed by atoms with Crippen molar-refractivity contribution in [3.05, 3.63) is 83.4 Å². The number of β-amino-alcohol motifs (C(OH)–C–C–N with tert-alkyl or cyclic N) is 1. The molecule has 0 aliphatic carbocycles. The lowest BCUT2D eigenvalue weighted by Gasteiger charge is -2.23. The van der Waals surface area contributed by atoms with Crippen molar-refractivity contribution in [1.82, 2.24) is 5.32 Å². The summed E-state index contributed by atoms with van der Waals surface area (Å²) in [6.45, 7) is 10.7. The summed E-state index contributed by atoms with van der Waals surface area (Å²) in [5.74, 6) is 2.63. The number of benzene rings is 3. The first-order valence-corrected chi connectivity index (χ1v) is 13.0. The summed E-state index contributed by atoms with van der Waals surface area (Å²) >= 11 is 0. The molecular formula is C27H35NO6S. The van der Waals surface area contributed by atoms with Gasteiger partial charge in [0.15, 0.2) is 11.5 Å². The van der Waals surface area contributed by atoms with Crippen LogP contribution in [-0.2, 0) is 10.1 Å². The average molecular weight is 502 g/mol. The molecule has 190 valence electrons. The van der Waals surface area contributed by atoms with E-state index >= 15 is 0 Å². The highest BCUT2D eigenvalue weighted by molar-refractivity contribution is 7.85. The minimum absolute atomic E-state index is 0.0733. The number of hydrogen-bond donors (Lipinski definition) is 3. The molecule has 1 atom stereocenters. The van der Waals surface area contributed by atoms with Crippen LogP contribution in [0.15, 0.2) is 66.7 Å². The van der Waals surface area contributed by atoms with Gasteiger partial charge in [-0.05, 0) is 87.7 Å². The highest BCUT2D eigenvalue weighted by Gasteiger charge is 2.17. The molecule has 7 nitrogen and oxygen atoms in total. The number of rotatable bonds is 7. The van der Waals surface area contributed by atoms with Crippen molar-refractivity contribution in [2.75, 3.05) is 12.8 Å². The molecule has 0 bridgehead atoms. The van der Waals surface area contributed by atoms with Crippen LogP contribution in [0.5, 0.6) is 23.0 Å². The number of aliphatic hydroxyl groups is 1. The molecular weight excluding hydrogens is 466 g/mol. The van der Waals surface area contributed by atoms with Crippen LogP contribution < -0.4 is 14.8 Å². The fourth-order valence-corrected chi connectivity index (χ4v) is 3.03. The molecule has 0 radical (unpaired) electrons. The van der Waals surface area contributed by atoms with Gasteiger partial charge in [-0.3, -0.25) is 4.55 Å². The second kappa shape index (κ2) is 12.2. The maximum atomic E-state index is 10.7. The fraction of sp³-hybridized carbons (Fsp3) is 0.333. The van der Waals surface area contributed by atoms with E-state index in [0.29, 0.717) is 24.3 Å². The molecule has 0 spiro atoms. The molecule has 3 aromatic carbocycles. The second-order valence-electron chi connectivity index (χ2n) is 9.42. The van der Waals surface area contributed by atoms with Crippen LogP contribution in [0.25, 0.3) is 0 Å². The lowest BCUT2D eigenvalue weighted by Crippen LogP contribution is -2.38. The SMILES string of the molecule is CS(=O)(=O)O.Cc1cccc(Oc2ccc(C(O)CNC(C)(C)C)cc2Oc2cccc(C)c2)c1. The van der Waals surface area contributed by atoms with Crippen LogP contribution in [0.2, 0.25) is 0 Å². The summed E-state index contributed by atoms with van der Waals surface area (Å²) in [6.07, 6.45) is 0.0598. The Morgan fingerprint density at radius 2 is 1.34 bits per heavy atom. The van der Waals surface area contributed by atoms with Gasteiger partial charge in [-0.2, -0.15) is 8.42 Å². The normalized spacial score (nSPS) is 12.3. The predicted molar refractivity (Wildman–Crippen MR) is 139 cm³/mol. The second-order valence-corrected chi connectivity index (χ2v) is 10.9. The van der Waals surface area contributed by atoms with Crippen LogP contribution in [0.4, 0.5) is 0 Å². The van der Waals surface area contributed by atoms with Crippen LogP contribution in [0, 0.1) is 13.8 Å². The van der Waals surface area contributed by atoms with Crippen molar-refractivity contribution in [3.63, 3.8) is 0 Å². The number of ether oxygens (including phenoxy) is 2. The van der Waals surface area contributed by atoms with E-state index in [4.69, 9.17) is 14.0 Å². The molecule has 0 aromatic heterocycles. The molecule has 3 rings (SSSR count). The summed E-state index contributed by atoms with van der Waals surface area (Å²) in [6, 6.07) is 21.3. The first-order chi connectivity index (χ1) is 16.2. The third kappa shape index (κ3) is 11.4. The minimum Gasteiger partial charge on any atom is -0.453 e. The van der Waals surface area contributed by atoms with Crippen molar-refractivity contribution in [2.24, 2.45) is 0 Å². The molecule has 35 heavy (non-hydrogen) atoms. The van der Waals surface area contributed by atoms with Crippen LogP contribution in [-0.4, -0.2) is 36.4 Å². The van der Waals surface area contributed by atoms with Gasteiger partial charge in [0.1, 0.15) is 11.5 Å². The number of nitrogens with one attached hydrogen (secondary N) is 1. The molecule has 0 saturated carbocycles. The zero-order valence-corrected chi connectivity index (χ0v) is 21.9. The number of hydrogen-bond acceptors (Lipinski definition) is 6. The minimum atomic E-state index is -3.67. The molecule has 3 aromatic rings. The van der Waals surface area contributed by atoms with Gasteiger partial charge in [0.2, 0.25) is 0 Å². The highest BCUT2D eigenvalue weighted by Crippen LogP contribution is 2.37. The Morgan fingerprint density at radius 3 is 1.80 bits per heavy atom. The zero-order valence-electron chi connectivity index (χ0n) is 21.1. The van der Waals surface area contributed by atoms with Crippen LogP contribution in [0.3, 0.4) is 0 Å². The van der Waals surface area contributed by atoms with Crippen molar-refractivity contribution in [1.29, 1.82) is 0 Å². The molecule has 0 heterocycles. The van der Waals surface area contributed by atoms with Crippen molar-refractivity contribution in [2.45, 2.75) is 46.3 Å². The molecule has 1 unspecified atom stereocenters. The average Bonchev–Trinajstić information content (AvgIpc) is 2.71. The van der Waals surface area contributed by atoms with Gasteiger partial charge in [0.05, 0.1) is 12.4 Å². The van der Waals surface area contributed by atoms with Gasteiger partial charge in [-0.25, -0.2) is 0 Å². The Balaban J connectivity index is 0.000000784. The Labute approximate surface area is 208 Å². The third-order valence-corrected chi connectivity index (χ3v) is 4.61. The molecule has 0 saturated heterocycles. The topological polar surface area (TPSA) is 105 Å². The summed E-state index contributed by atoms with van der Waals surface area (Å²) < 4.78 is 38.2. The molecule has 0 aliphatic rings. The molecule has 3 N–H and O–H groups in total. The Bertz CT molecular complexity index is 1210. The summed E-state index contributed by atoms with van der Waals surface area (Å²) in [5, 5.41) is 14.0. The van der Waals surface area contributed by atoms with Crippen molar-refractivity contribution >= 4 is 10.1 Å². The first kappa shape index (κ1) is 28.3. The molecule has 8 heteroatoms. The summed E-state index contributed by atoms with van der Waals surface area (Å²) in [5.41, 5.74) is 2.93. The zero-order chi connectivity index (χ0) is 26.2. The Morgan fingerprint density at radius 1 is 0.857 bits per heavy atom. The summed E-state index contributed by atoms with van der Waals surface area (Å²) in [4.78, 5) is 0. The first-order valence-electron chi connectivity index (χ1n) is 11.2. The van der Waals surface area contributed by atoms with E-state index in [0.717, 1.165) is 28.2 Å². The van der Waals surface area contributed by atoms with E-state index in [1.54, 1.807) is 0 Å². The van der Waals surface area contributed by atoms with E-state index in [9.17, 15) is 13.5 Å². The van der Waals surface area contributed by atoms with Gasteiger partial charge >= 0.3 is 0 Å². The lowest BCUT2D eigenvalue weighted by atomic mass is 10.1. The smallest absolute Gasteiger partial charge is 0.261 e. The van der Waals surface area contributed by atoms with Gasteiger partial charge < -0.3 is 19.9 Å². The monoisotopic (exact) mass is 501 g/mol. The molecule has 0 aliphatic heterocycles. The van der Waals surface area contributed by atoms with Crippen LogP contribution in [0.1, 0.15) is 43.6 Å². The lowest BCUT2D eigenvalue weighted by molar-refractivity contribution is 0.163. The highest BCUT2D eigenvalue weighted by atomic mass is 32.2.